The number of pyridine rings is 1. The zero-order valence-corrected chi connectivity index (χ0v) is 10.9. The van der Waals surface area contributed by atoms with Crippen LogP contribution in [-0.4, -0.2) is 31.0 Å². The van der Waals surface area contributed by atoms with E-state index in [-0.39, 0.29) is 5.91 Å². The number of hydrogen-bond acceptors (Lipinski definition) is 3. The summed E-state index contributed by atoms with van der Waals surface area (Å²) in [4.78, 5) is 17.8. The summed E-state index contributed by atoms with van der Waals surface area (Å²) in [7, 11) is 1.61. The van der Waals surface area contributed by atoms with Crippen LogP contribution in [-0.2, 0) is 0 Å². The van der Waals surface area contributed by atoms with Crippen molar-refractivity contribution in [3.63, 3.8) is 0 Å². The van der Waals surface area contributed by atoms with Crippen molar-refractivity contribution in [3.8, 4) is 0 Å². The first-order valence-electron chi connectivity index (χ1n) is 6.16. The molecule has 1 rings (SSSR count). The molecule has 0 atom stereocenters. The van der Waals surface area contributed by atoms with E-state index < -0.39 is 0 Å². The van der Waals surface area contributed by atoms with Gasteiger partial charge in [-0.1, -0.05) is 13.8 Å². The van der Waals surface area contributed by atoms with Gasteiger partial charge in [0.2, 0.25) is 0 Å². The molecule has 1 amide bonds. The van der Waals surface area contributed by atoms with Crippen molar-refractivity contribution in [1.82, 2.24) is 10.3 Å². The summed E-state index contributed by atoms with van der Waals surface area (Å²) in [5.74, 6) is -0.144. The molecule has 0 fully saturated rings. The lowest BCUT2D eigenvalue weighted by atomic mass is 10.2. The van der Waals surface area contributed by atoms with Crippen LogP contribution in [0.15, 0.2) is 18.3 Å². The van der Waals surface area contributed by atoms with Crippen LogP contribution < -0.4 is 10.2 Å². The van der Waals surface area contributed by atoms with Gasteiger partial charge in [-0.05, 0) is 25.0 Å². The van der Waals surface area contributed by atoms with Crippen molar-refractivity contribution < 1.29 is 4.79 Å². The predicted octanol–water partition coefficient (Wildman–Crippen LogP) is 2.07. The minimum atomic E-state index is -0.144. The maximum Gasteiger partial charge on any atom is 0.269 e. The summed E-state index contributed by atoms with van der Waals surface area (Å²) in [5, 5.41) is 2.57. The molecule has 94 valence electrons. The molecule has 0 saturated heterocycles. The smallest absolute Gasteiger partial charge is 0.269 e. The number of nitrogens with zero attached hydrogens (tertiary/aromatic N) is 2. The largest absolute Gasteiger partial charge is 0.370 e. The molecule has 0 aromatic carbocycles. The van der Waals surface area contributed by atoms with E-state index in [9.17, 15) is 4.79 Å². The summed E-state index contributed by atoms with van der Waals surface area (Å²) in [6.45, 7) is 6.37. The van der Waals surface area contributed by atoms with Crippen molar-refractivity contribution in [1.29, 1.82) is 0 Å². The van der Waals surface area contributed by atoms with E-state index in [1.54, 1.807) is 19.3 Å². The van der Waals surface area contributed by atoms with Crippen molar-refractivity contribution in [2.75, 3.05) is 25.0 Å². The molecule has 0 unspecified atom stereocenters. The van der Waals surface area contributed by atoms with Crippen LogP contribution in [0, 0.1) is 0 Å². The number of hydrogen-bond donors (Lipinski definition) is 1. The number of amides is 1. The van der Waals surface area contributed by atoms with Crippen LogP contribution in [0.25, 0.3) is 0 Å². The molecule has 0 aliphatic heterocycles. The Morgan fingerprint density at radius 2 is 1.94 bits per heavy atom. The van der Waals surface area contributed by atoms with Gasteiger partial charge >= 0.3 is 0 Å². The molecule has 1 N–H and O–H groups in total. The van der Waals surface area contributed by atoms with Crippen molar-refractivity contribution in [3.05, 3.63) is 24.0 Å². The summed E-state index contributed by atoms with van der Waals surface area (Å²) in [5.41, 5.74) is 1.55. The van der Waals surface area contributed by atoms with E-state index in [1.165, 1.54) is 0 Å². The van der Waals surface area contributed by atoms with E-state index in [1.807, 2.05) is 6.07 Å². The molecule has 1 aromatic rings. The minimum Gasteiger partial charge on any atom is -0.370 e. The Kier molecular flexibility index (Phi) is 5.46. The van der Waals surface area contributed by atoms with Gasteiger partial charge in [-0.25, -0.2) is 4.98 Å². The number of rotatable bonds is 6. The molecule has 0 spiro atoms. The first-order valence-corrected chi connectivity index (χ1v) is 6.16. The summed E-state index contributed by atoms with van der Waals surface area (Å²) in [6.07, 6.45) is 3.99. The summed E-state index contributed by atoms with van der Waals surface area (Å²) < 4.78 is 0. The summed E-state index contributed by atoms with van der Waals surface area (Å²) >= 11 is 0. The topological polar surface area (TPSA) is 45.2 Å². The Bertz CT molecular complexity index is 342. The van der Waals surface area contributed by atoms with Crippen molar-refractivity contribution in [2.24, 2.45) is 0 Å². The molecular weight excluding hydrogens is 214 g/mol. The highest BCUT2D eigenvalue weighted by Gasteiger charge is 2.07. The molecule has 0 bridgehead atoms. The van der Waals surface area contributed by atoms with Gasteiger partial charge in [0.05, 0.1) is 11.9 Å². The Morgan fingerprint density at radius 1 is 1.29 bits per heavy atom. The zero-order valence-electron chi connectivity index (χ0n) is 10.9. The maximum absolute atomic E-state index is 11.4. The monoisotopic (exact) mass is 235 g/mol. The first-order chi connectivity index (χ1) is 8.22. The van der Waals surface area contributed by atoms with E-state index in [0.29, 0.717) is 5.69 Å². The molecule has 17 heavy (non-hydrogen) atoms. The van der Waals surface area contributed by atoms with Gasteiger partial charge in [0.15, 0.2) is 0 Å². The number of aromatic nitrogens is 1. The van der Waals surface area contributed by atoms with Gasteiger partial charge in [-0.2, -0.15) is 0 Å². The maximum atomic E-state index is 11.4. The fourth-order valence-corrected chi connectivity index (χ4v) is 1.75. The highest BCUT2D eigenvalue weighted by atomic mass is 16.1. The fraction of sp³-hybridized carbons (Fsp3) is 0.538. The van der Waals surface area contributed by atoms with Gasteiger partial charge in [0.1, 0.15) is 5.69 Å². The highest BCUT2D eigenvalue weighted by Crippen LogP contribution is 2.14. The van der Waals surface area contributed by atoms with Crippen LogP contribution in [0.3, 0.4) is 0 Å². The normalized spacial score (nSPS) is 10.1. The summed E-state index contributed by atoms with van der Waals surface area (Å²) in [6, 6.07) is 3.73. The lowest BCUT2D eigenvalue weighted by molar-refractivity contribution is 0.0958. The molecule has 0 aliphatic carbocycles. The van der Waals surface area contributed by atoms with Crippen LogP contribution in [0.1, 0.15) is 37.2 Å². The van der Waals surface area contributed by atoms with Gasteiger partial charge in [-0.3, -0.25) is 4.79 Å². The van der Waals surface area contributed by atoms with E-state index in [2.05, 4.69) is 29.0 Å². The second kappa shape index (κ2) is 6.89. The third kappa shape index (κ3) is 3.73. The second-order valence-corrected chi connectivity index (χ2v) is 3.97. The fourth-order valence-electron chi connectivity index (χ4n) is 1.75. The minimum absolute atomic E-state index is 0.144. The van der Waals surface area contributed by atoms with E-state index in [0.717, 1.165) is 31.6 Å². The standard InChI is InChI=1S/C13H21N3O/c1-4-8-16(9-5-2)11-6-7-12(15-10-11)13(17)14-3/h6-7,10H,4-5,8-9H2,1-3H3,(H,14,17). The Hall–Kier alpha value is -1.58. The van der Waals surface area contributed by atoms with Gasteiger partial charge in [0, 0.05) is 20.1 Å². The first kappa shape index (κ1) is 13.5. The van der Waals surface area contributed by atoms with E-state index in [4.69, 9.17) is 0 Å². The molecular formula is C13H21N3O. The SMILES string of the molecule is CCCN(CCC)c1ccc(C(=O)NC)nc1. The third-order valence-corrected chi connectivity index (χ3v) is 2.56. The second-order valence-electron chi connectivity index (χ2n) is 3.97. The highest BCUT2D eigenvalue weighted by molar-refractivity contribution is 5.92. The molecule has 0 radical (unpaired) electrons. The average molecular weight is 235 g/mol. The van der Waals surface area contributed by atoms with Crippen LogP contribution in [0.4, 0.5) is 5.69 Å². The zero-order chi connectivity index (χ0) is 12.7. The number of carbonyl (C=O) groups excluding carboxylic acids is 1. The average Bonchev–Trinajstić information content (AvgIpc) is 2.38. The van der Waals surface area contributed by atoms with Crippen LogP contribution >= 0.6 is 0 Å². The molecule has 1 heterocycles. The predicted molar refractivity (Wildman–Crippen MR) is 70.4 cm³/mol. The van der Waals surface area contributed by atoms with Gasteiger partial charge in [-0.15, -0.1) is 0 Å². The quantitative estimate of drug-likeness (QED) is 0.821. The third-order valence-electron chi connectivity index (χ3n) is 2.56. The van der Waals surface area contributed by atoms with Gasteiger partial charge in [0.25, 0.3) is 5.91 Å². The lowest BCUT2D eigenvalue weighted by Crippen LogP contribution is -2.25. The van der Waals surface area contributed by atoms with Crippen LogP contribution in [0.5, 0.6) is 0 Å². The Labute approximate surface area is 103 Å². The molecule has 0 saturated carbocycles. The van der Waals surface area contributed by atoms with E-state index >= 15 is 0 Å². The molecule has 4 nitrogen and oxygen atoms in total. The van der Waals surface area contributed by atoms with Crippen LogP contribution in [0.2, 0.25) is 0 Å². The lowest BCUT2D eigenvalue weighted by Gasteiger charge is -2.23. The van der Waals surface area contributed by atoms with Gasteiger partial charge < -0.3 is 10.2 Å². The van der Waals surface area contributed by atoms with Crippen molar-refractivity contribution >= 4 is 11.6 Å². The number of carbonyl (C=O) groups is 1. The number of anilines is 1. The molecule has 0 aliphatic rings. The molecule has 1 aromatic heterocycles. The number of nitrogens with one attached hydrogen (secondary N) is 1. The van der Waals surface area contributed by atoms with Crippen molar-refractivity contribution in [2.45, 2.75) is 26.7 Å². The Morgan fingerprint density at radius 3 is 2.35 bits per heavy atom. The molecule has 4 heteroatoms. The Balaban J connectivity index is 2.80.